The molecular weight excluding hydrogens is 233 g/mol. The molecule has 96 valence electrons. The summed E-state index contributed by atoms with van der Waals surface area (Å²) in [5.74, 6) is -0.388. The number of halogens is 1. The fourth-order valence-electron chi connectivity index (χ4n) is 1.90. The lowest BCUT2D eigenvalue weighted by Crippen LogP contribution is -2.25. The molecule has 2 rings (SSSR count). The van der Waals surface area contributed by atoms with Gasteiger partial charge < -0.3 is 5.73 Å². The number of nitrogen functional groups attached to an aromatic ring is 1. The van der Waals surface area contributed by atoms with E-state index in [1.165, 1.54) is 16.7 Å². The van der Waals surface area contributed by atoms with Crippen LogP contribution in [0.3, 0.4) is 0 Å². The molecule has 0 radical (unpaired) electrons. The number of anilines is 1. The molecule has 4 nitrogen and oxygen atoms in total. The predicted molar refractivity (Wildman–Crippen MR) is 69.0 cm³/mol. The van der Waals surface area contributed by atoms with Gasteiger partial charge in [-0.2, -0.15) is 0 Å². The Bertz CT molecular complexity index is 593. The Morgan fingerprint density at radius 3 is 2.56 bits per heavy atom. The molecule has 0 atom stereocenters. The van der Waals surface area contributed by atoms with Gasteiger partial charge in [-0.1, -0.05) is 0 Å². The van der Waals surface area contributed by atoms with Crippen molar-refractivity contribution in [2.24, 2.45) is 0 Å². The first-order valence-electron chi connectivity index (χ1n) is 5.79. The van der Waals surface area contributed by atoms with E-state index < -0.39 is 0 Å². The Morgan fingerprint density at radius 2 is 2.00 bits per heavy atom. The van der Waals surface area contributed by atoms with Crippen molar-refractivity contribution >= 4 is 5.69 Å². The van der Waals surface area contributed by atoms with Crippen LogP contribution in [0.5, 0.6) is 0 Å². The van der Waals surface area contributed by atoms with Gasteiger partial charge in [-0.25, -0.2) is 9.18 Å². The molecule has 0 spiro atoms. The van der Waals surface area contributed by atoms with Crippen molar-refractivity contribution in [1.82, 2.24) is 9.13 Å². The quantitative estimate of drug-likeness (QED) is 0.846. The minimum Gasteiger partial charge on any atom is -0.399 e. The van der Waals surface area contributed by atoms with Crippen molar-refractivity contribution in [2.45, 2.75) is 26.4 Å². The van der Waals surface area contributed by atoms with E-state index >= 15 is 0 Å². The van der Waals surface area contributed by atoms with Crippen molar-refractivity contribution in [3.05, 3.63) is 52.5 Å². The molecule has 0 saturated carbocycles. The first-order valence-corrected chi connectivity index (χ1v) is 5.79. The highest BCUT2D eigenvalue weighted by atomic mass is 19.1. The van der Waals surface area contributed by atoms with E-state index in [0.29, 0.717) is 17.8 Å². The van der Waals surface area contributed by atoms with Gasteiger partial charge in [-0.05, 0) is 37.6 Å². The van der Waals surface area contributed by atoms with E-state index in [-0.39, 0.29) is 17.5 Å². The second kappa shape index (κ2) is 4.68. The molecule has 0 fully saturated rings. The summed E-state index contributed by atoms with van der Waals surface area (Å²) < 4.78 is 16.4. The van der Waals surface area contributed by atoms with Gasteiger partial charge in [0.05, 0.1) is 6.54 Å². The smallest absolute Gasteiger partial charge is 0.328 e. The molecule has 0 saturated heterocycles. The number of nitrogens with two attached hydrogens (primary N) is 1. The lowest BCUT2D eigenvalue weighted by molar-refractivity contribution is 0.560. The van der Waals surface area contributed by atoms with Crippen LogP contribution in [0.4, 0.5) is 10.1 Å². The van der Waals surface area contributed by atoms with Crippen molar-refractivity contribution in [3.8, 4) is 0 Å². The molecule has 1 aromatic heterocycles. The second-order valence-corrected chi connectivity index (χ2v) is 4.60. The number of nitrogens with zero attached hydrogens (tertiary/aromatic N) is 2. The highest BCUT2D eigenvalue weighted by molar-refractivity contribution is 5.41. The lowest BCUT2D eigenvalue weighted by atomic mass is 10.2. The van der Waals surface area contributed by atoms with Gasteiger partial charge in [0.1, 0.15) is 5.82 Å². The third-order valence-electron chi connectivity index (χ3n) is 2.76. The van der Waals surface area contributed by atoms with Crippen LogP contribution in [-0.4, -0.2) is 9.13 Å². The number of rotatable bonds is 3. The summed E-state index contributed by atoms with van der Waals surface area (Å²) in [7, 11) is 0. The van der Waals surface area contributed by atoms with Crippen molar-refractivity contribution in [1.29, 1.82) is 0 Å². The van der Waals surface area contributed by atoms with E-state index in [9.17, 15) is 9.18 Å². The number of aromatic nitrogens is 2. The standard InChI is InChI=1S/C13H16FN3O/c1-9(2)17-4-3-16(13(17)18)8-10-5-11(14)7-12(15)6-10/h3-7,9H,8,15H2,1-2H3. The predicted octanol–water partition coefficient (Wildman–Crippen LogP) is 2.00. The van der Waals surface area contributed by atoms with Gasteiger partial charge in [0.2, 0.25) is 0 Å². The first-order chi connectivity index (χ1) is 8.47. The molecule has 0 bridgehead atoms. The summed E-state index contributed by atoms with van der Waals surface area (Å²) in [6, 6.07) is 4.42. The van der Waals surface area contributed by atoms with Gasteiger partial charge in [0.15, 0.2) is 0 Å². The zero-order valence-electron chi connectivity index (χ0n) is 10.4. The maximum atomic E-state index is 13.2. The van der Waals surface area contributed by atoms with E-state index in [4.69, 9.17) is 5.73 Å². The van der Waals surface area contributed by atoms with E-state index in [2.05, 4.69) is 0 Å². The molecular formula is C13H16FN3O. The molecule has 18 heavy (non-hydrogen) atoms. The summed E-state index contributed by atoms with van der Waals surface area (Å²) in [5, 5.41) is 0. The third kappa shape index (κ3) is 2.45. The third-order valence-corrected chi connectivity index (χ3v) is 2.76. The monoisotopic (exact) mass is 249 g/mol. The van der Waals surface area contributed by atoms with Crippen LogP contribution < -0.4 is 11.4 Å². The molecule has 0 aliphatic heterocycles. The topological polar surface area (TPSA) is 52.9 Å². The average molecular weight is 249 g/mol. The van der Waals surface area contributed by atoms with Gasteiger partial charge in [-0.3, -0.25) is 9.13 Å². The second-order valence-electron chi connectivity index (χ2n) is 4.60. The molecule has 5 heteroatoms. The van der Waals surface area contributed by atoms with Crippen molar-refractivity contribution < 1.29 is 4.39 Å². The average Bonchev–Trinajstić information content (AvgIpc) is 2.59. The molecule has 2 aromatic rings. The Labute approximate surface area is 104 Å². The van der Waals surface area contributed by atoms with Crippen LogP contribution in [0.15, 0.2) is 35.4 Å². The summed E-state index contributed by atoms with van der Waals surface area (Å²) in [5.41, 5.74) is 6.51. The van der Waals surface area contributed by atoms with Crippen molar-refractivity contribution in [2.75, 3.05) is 5.73 Å². The highest BCUT2D eigenvalue weighted by Gasteiger charge is 2.07. The van der Waals surface area contributed by atoms with Gasteiger partial charge >= 0.3 is 5.69 Å². The summed E-state index contributed by atoms with van der Waals surface area (Å²) in [4.78, 5) is 12.0. The molecule has 0 aliphatic rings. The molecule has 2 N–H and O–H groups in total. The number of benzene rings is 1. The summed E-state index contributed by atoms with van der Waals surface area (Å²) in [6.07, 6.45) is 3.43. The van der Waals surface area contributed by atoms with Crippen molar-refractivity contribution in [3.63, 3.8) is 0 Å². The minimum absolute atomic E-state index is 0.104. The fourth-order valence-corrected chi connectivity index (χ4v) is 1.90. The summed E-state index contributed by atoms with van der Waals surface area (Å²) >= 11 is 0. The Balaban J connectivity index is 2.32. The Morgan fingerprint density at radius 1 is 1.28 bits per heavy atom. The molecule has 0 amide bonds. The highest BCUT2D eigenvalue weighted by Crippen LogP contribution is 2.11. The Kier molecular flexibility index (Phi) is 3.23. The number of imidazole rings is 1. The SMILES string of the molecule is CC(C)n1ccn(Cc2cc(N)cc(F)c2)c1=O. The van der Waals surface area contributed by atoms with E-state index in [0.717, 1.165) is 0 Å². The van der Waals surface area contributed by atoms with Crippen LogP contribution >= 0.6 is 0 Å². The number of hydrogen-bond acceptors (Lipinski definition) is 2. The zero-order valence-corrected chi connectivity index (χ0v) is 10.4. The first kappa shape index (κ1) is 12.4. The van der Waals surface area contributed by atoms with E-state index in [1.807, 2.05) is 13.8 Å². The molecule has 1 aromatic carbocycles. The number of hydrogen-bond donors (Lipinski definition) is 1. The maximum Gasteiger partial charge on any atom is 0.328 e. The largest absolute Gasteiger partial charge is 0.399 e. The lowest BCUT2D eigenvalue weighted by Gasteiger charge is -2.06. The Hall–Kier alpha value is -2.04. The van der Waals surface area contributed by atoms with Gasteiger partial charge in [0, 0.05) is 24.1 Å². The zero-order chi connectivity index (χ0) is 13.3. The van der Waals surface area contributed by atoms with Crippen LogP contribution in [0.1, 0.15) is 25.5 Å². The van der Waals surface area contributed by atoms with Crippen LogP contribution in [-0.2, 0) is 6.54 Å². The van der Waals surface area contributed by atoms with Crippen LogP contribution in [0.25, 0.3) is 0 Å². The minimum atomic E-state index is -0.388. The maximum absolute atomic E-state index is 13.2. The van der Waals surface area contributed by atoms with Crippen LogP contribution in [0.2, 0.25) is 0 Å². The summed E-state index contributed by atoms with van der Waals surface area (Å²) in [6.45, 7) is 4.19. The van der Waals surface area contributed by atoms with Gasteiger partial charge in [0.25, 0.3) is 0 Å². The molecule has 0 unspecified atom stereocenters. The normalized spacial score (nSPS) is 11.1. The van der Waals surface area contributed by atoms with E-state index in [1.54, 1.807) is 23.0 Å². The fraction of sp³-hybridized carbons (Fsp3) is 0.308. The molecule has 1 heterocycles. The van der Waals surface area contributed by atoms with Crippen LogP contribution in [0, 0.1) is 5.82 Å². The van der Waals surface area contributed by atoms with Gasteiger partial charge in [-0.15, -0.1) is 0 Å². The molecule has 0 aliphatic carbocycles.